The third kappa shape index (κ3) is 3.22. The van der Waals surface area contributed by atoms with E-state index in [0.29, 0.717) is 18.1 Å². The van der Waals surface area contributed by atoms with Crippen molar-refractivity contribution in [2.75, 3.05) is 13.6 Å². The highest BCUT2D eigenvalue weighted by Gasteiger charge is 2.41. The Morgan fingerprint density at radius 2 is 1.95 bits per heavy atom. The second-order valence-corrected chi connectivity index (χ2v) is 8.54. The fraction of sp³-hybridized carbons (Fsp3) is 0.571. The summed E-state index contributed by atoms with van der Waals surface area (Å²) in [7, 11) is -1.84. The molecule has 0 unspecified atom stereocenters. The minimum Gasteiger partial charge on any atom is -0.316 e. The monoisotopic (exact) mass is 350 g/mol. The van der Waals surface area contributed by atoms with Crippen molar-refractivity contribution in [3.05, 3.63) is 27.7 Å². The molecule has 0 aliphatic carbocycles. The maximum absolute atomic E-state index is 12.9. The first-order valence-corrected chi connectivity index (χ1v) is 9.05. The van der Waals surface area contributed by atoms with Gasteiger partial charge in [-0.1, -0.05) is 23.2 Å². The molecule has 4 nitrogen and oxygen atoms in total. The van der Waals surface area contributed by atoms with Crippen molar-refractivity contribution in [2.24, 2.45) is 0 Å². The summed E-state index contributed by atoms with van der Waals surface area (Å²) < 4.78 is 27.4. The lowest BCUT2D eigenvalue weighted by molar-refractivity contribution is 0.291. The molecule has 0 bridgehead atoms. The number of nitrogens with one attached hydrogen (secondary N) is 1. The van der Waals surface area contributed by atoms with E-state index in [1.807, 2.05) is 13.8 Å². The van der Waals surface area contributed by atoms with Crippen LogP contribution in [0.2, 0.25) is 10.0 Å². The molecule has 0 atom stereocenters. The Labute approximate surface area is 136 Å². The van der Waals surface area contributed by atoms with Gasteiger partial charge < -0.3 is 5.32 Å². The number of rotatable bonds is 4. The highest BCUT2D eigenvalue weighted by atomic mass is 35.5. The zero-order valence-corrected chi connectivity index (χ0v) is 14.7. The minimum atomic E-state index is -3.62. The van der Waals surface area contributed by atoms with Crippen LogP contribution in [0.25, 0.3) is 0 Å². The molecule has 1 fully saturated rings. The van der Waals surface area contributed by atoms with E-state index >= 15 is 0 Å². The normalized spacial score (nSPS) is 19.1. The van der Waals surface area contributed by atoms with Crippen LogP contribution >= 0.6 is 23.2 Å². The van der Waals surface area contributed by atoms with Gasteiger partial charge in [-0.15, -0.1) is 0 Å². The van der Waals surface area contributed by atoms with Crippen LogP contribution in [0.1, 0.15) is 32.3 Å². The predicted octanol–water partition coefficient (Wildman–Crippen LogP) is 3.28. The molecule has 2 rings (SSSR count). The van der Waals surface area contributed by atoms with Gasteiger partial charge in [-0.05, 0) is 51.4 Å². The minimum absolute atomic E-state index is 0.133. The van der Waals surface area contributed by atoms with Crippen LogP contribution in [-0.2, 0) is 16.6 Å². The molecule has 1 aliphatic heterocycles. The van der Waals surface area contributed by atoms with Gasteiger partial charge in [0.2, 0.25) is 10.0 Å². The molecule has 1 aromatic carbocycles. The van der Waals surface area contributed by atoms with E-state index in [-0.39, 0.29) is 15.5 Å². The Morgan fingerprint density at radius 1 is 1.29 bits per heavy atom. The van der Waals surface area contributed by atoms with Crippen molar-refractivity contribution in [3.63, 3.8) is 0 Å². The van der Waals surface area contributed by atoms with Crippen LogP contribution in [0, 0.1) is 0 Å². The van der Waals surface area contributed by atoms with Gasteiger partial charge in [0, 0.05) is 23.7 Å². The Kier molecular flexibility index (Phi) is 4.90. The largest absolute Gasteiger partial charge is 0.316 e. The standard InChI is InChI=1S/C14H20Cl2N2O2S/c1-14(2)5-4-6-18(14)21(19,20)13-7-10(9-17-3)11(15)8-12(13)16/h7-8,17H,4-6,9H2,1-3H3. The van der Waals surface area contributed by atoms with Crippen molar-refractivity contribution >= 4 is 33.2 Å². The number of hydrogen-bond acceptors (Lipinski definition) is 3. The number of halogens is 2. The fourth-order valence-electron chi connectivity index (χ4n) is 2.74. The van der Waals surface area contributed by atoms with E-state index in [9.17, 15) is 8.42 Å². The second-order valence-electron chi connectivity index (χ2n) is 5.90. The molecule has 0 radical (unpaired) electrons. The van der Waals surface area contributed by atoms with Crippen LogP contribution in [-0.4, -0.2) is 31.9 Å². The van der Waals surface area contributed by atoms with Crippen LogP contribution in [0.3, 0.4) is 0 Å². The fourth-order valence-corrected chi connectivity index (χ4v) is 5.43. The van der Waals surface area contributed by atoms with Gasteiger partial charge in [-0.2, -0.15) is 4.31 Å². The van der Waals surface area contributed by atoms with Crippen molar-refractivity contribution in [1.29, 1.82) is 0 Å². The van der Waals surface area contributed by atoms with Gasteiger partial charge in [0.05, 0.1) is 5.02 Å². The molecule has 1 N–H and O–H groups in total. The summed E-state index contributed by atoms with van der Waals surface area (Å²) in [5, 5.41) is 3.61. The average molecular weight is 351 g/mol. The molecule has 21 heavy (non-hydrogen) atoms. The quantitative estimate of drug-likeness (QED) is 0.906. The zero-order valence-electron chi connectivity index (χ0n) is 12.4. The SMILES string of the molecule is CNCc1cc(S(=O)(=O)N2CCCC2(C)C)c(Cl)cc1Cl. The maximum Gasteiger partial charge on any atom is 0.245 e. The Morgan fingerprint density at radius 3 is 2.48 bits per heavy atom. The van der Waals surface area contributed by atoms with E-state index in [4.69, 9.17) is 23.2 Å². The zero-order chi connectivity index (χ0) is 15.8. The van der Waals surface area contributed by atoms with Crippen molar-refractivity contribution in [3.8, 4) is 0 Å². The van der Waals surface area contributed by atoms with Crippen LogP contribution in [0.4, 0.5) is 0 Å². The van der Waals surface area contributed by atoms with Crippen LogP contribution in [0.5, 0.6) is 0 Å². The van der Waals surface area contributed by atoms with Crippen molar-refractivity contribution < 1.29 is 8.42 Å². The first-order chi connectivity index (χ1) is 9.70. The number of nitrogens with zero attached hydrogens (tertiary/aromatic N) is 1. The molecular formula is C14H20Cl2N2O2S. The summed E-state index contributed by atoms with van der Waals surface area (Å²) in [4.78, 5) is 0.133. The molecule has 1 aliphatic rings. The lowest BCUT2D eigenvalue weighted by Crippen LogP contribution is -2.42. The summed E-state index contributed by atoms with van der Waals surface area (Å²) in [6.45, 7) is 4.89. The lowest BCUT2D eigenvalue weighted by atomic mass is 10.0. The van der Waals surface area contributed by atoms with Crippen molar-refractivity contribution in [2.45, 2.75) is 43.7 Å². The molecule has 1 saturated heterocycles. The topological polar surface area (TPSA) is 49.4 Å². The van der Waals surface area contributed by atoms with Crippen LogP contribution < -0.4 is 5.32 Å². The molecule has 1 heterocycles. The average Bonchev–Trinajstić information content (AvgIpc) is 2.73. The van der Waals surface area contributed by atoms with E-state index < -0.39 is 10.0 Å². The molecule has 0 aromatic heterocycles. The van der Waals surface area contributed by atoms with Crippen molar-refractivity contribution in [1.82, 2.24) is 9.62 Å². The molecule has 0 saturated carbocycles. The van der Waals surface area contributed by atoms with Gasteiger partial charge in [0.15, 0.2) is 0 Å². The molecule has 1 aromatic rings. The Hall–Kier alpha value is -0.330. The number of benzene rings is 1. The van der Waals surface area contributed by atoms with Crippen LogP contribution in [0.15, 0.2) is 17.0 Å². The second kappa shape index (κ2) is 6.05. The molecule has 0 amide bonds. The molecule has 0 spiro atoms. The lowest BCUT2D eigenvalue weighted by Gasteiger charge is -2.31. The first-order valence-electron chi connectivity index (χ1n) is 6.85. The van der Waals surface area contributed by atoms with Gasteiger partial charge >= 0.3 is 0 Å². The van der Waals surface area contributed by atoms with Gasteiger partial charge in [0.1, 0.15) is 4.90 Å². The molecular weight excluding hydrogens is 331 g/mol. The summed E-state index contributed by atoms with van der Waals surface area (Å²) in [6.07, 6.45) is 1.71. The van der Waals surface area contributed by atoms with E-state index in [1.54, 1.807) is 13.1 Å². The summed E-state index contributed by atoms with van der Waals surface area (Å²) in [5.41, 5.74) is 0.337. The maximum atomic E-state index is 12.9. The third-order valence-corrected chi connectivity index (χ3v) is 6.79. The summed E-state index contributed by atoms with van der Waals surface area (Å²) in [6, 6.07) is 3.08. The number of hydrogen-bond donors (Lipinski definition) is 1. The highest BCUT2D eigenvalue weighted by molar-refractivity contribution is 7.89. The van der Waals surface area contributed by atoms with Gasteiger partial charge in [0.25, 0.3) is 0 Å². The van der Waals surface area contributed by atoms with E-state index in [0.717, 1.165) is 18.4 Å². The van der Waals surface area contributed by atoms with E-state index in [2.05, 4.69) is 5.32 Å². The predicted molar refractivity (Wildman–Crippen MR) is 86.4 cm³/mol. The summed E-state index contributed by atoms with van der Waals surface area (Å²) >= 11 is 12.3. The van der Waals surface area contributed by atoms with Gasteiger partial charge in [-0.3, -0.25) is 0 Å². The third-order valence-electron chi connectivity index (χ3n) is 3.86. The summed E-state index contributed by atoms with van der Waals surface area (Å²) in [5.74, 6) is 0. The smallest absolute Gasteiger partial charge is 0.245 e. The highest BCUT2D eigenvalue weighted by Crippen LogP contribution is 2.37. The molecule has 7 heteroatoms. The Balaban J connectivity index is 2.52. The van der Waals surface area contributed by atoms with Gasteiger partial charge in [-0.25, -0.2) is 8.42 Å². The Bertz CT molecular complexity index is 645. The first kappa shape index (κ1) is 17.0. The number of sulfonamides is 1. The molecule has 118 valence electrons. The van der Waals surface area contributed by atoms with E-state index in [1.165, 1.54) is 10.4 Å².